The van der Waals surface area contributed by atoms with Crippen molar-refractivity contribution in [3.8, 4) is 0 Å². The number of nitro groups is 1. The maximum Gasteiger partial charge on any atom is 0.340 e. The number of amides is 2. The molecule has 0 radical (unpaired) electrons. The molecule has 0 aliphatic heterocycles. The quantitative estimate of drug-likeness (QED) is 0.275. The Bertz CT molecular complexity index is 1220. The molecule has 3 N–H and O–H groups in total. The molecule has 0 atom stereocenters. The van der Waals surface area contributed by atoms with Crippen LogP contribution in [0.15, 0.2) is 76.5 Å². The highest BCUT2D eigenvalue weighted by Crippen LogP contribution is 2.33. The molecule has 0 heterocycles. The number of nitrogens with zero attached hydrogens (tertiary/aromatic N) is 1. The van der Waals surface area contributed by atoms with Crippen molar-refractivity contribution in [3.63, 3.8) is 0 Å². The van der Waals surface area contributed by atoms with E-state index in [1.165, 1.54) is 48.2 Å². The Morgan fingerprint density at radius 2 is 1.70 bits per heavy atom. The molecule has 3 aromatic rings. The minimum Gasteiger partial charge on any atom is -0.452 e. The summed E-state index contributed by atoms with van der Waals surface area (Å²) in [5.41, 5.74) is 5.47. The van der Waals surface area contributed by atoms with Crippen LogP contribution >= 0.6 is 23.4 Å². The third kappa shape index (κ3) is 6.55. The van der Waals surface area contributed by atoms with E-state index in [4.69, 9.17) is 22.1 Å². The van der Waals surface area contributed by atoms with E-state index in [-0.39, 0.29) is 16.8 Å². The summed E-state index contributed by atoms with van der Waals surface area (Å²) in [6.45, 7) is -0.621. The molecule has 0 aliphatic carbocycles. The molecule has 168 valence electrons. The molecule has 33 heavy (non-hydrogen) atoms. The van der Waals surface area contributed by atoms with Gasteiger partial charge < -0.3 is 15.8 Å². The number of nitrogens with two attached hydrogens (primary N) is 1. The molecule has 2 amide bonds. The highest BCUT2D eigenvalue weighted by molar-refractivity contribution is 7.99. The topological polar surface area (TPSA) is 142 Å². The molecule has 3 aromatic carbocycles. The zero-order valence-electron chi connectivity index (χ0n) is 16.8. The van der Waals surface area contributed by atoms with Gasteiger partial charge in [-0.1, -0.05) is 23.4 Å². The average Bonchev–Trinajstić information content (AvgIpc) is 2.79. The van der Waals surface area contributed by atoms with Crippen LogP contribution in [0.2, 0.25) is 5.02 Å². The molecule has 0 bridgehead atoms. The molecule has 0 aliphatic rings. The predicted octanol–water partition coefficient (Wildman–Crippen LogP) is 4.29. The van der Waals surface area contributed by atoms with Crippen molar-refractivity contribution in [1.29, 1.82) is 0 Å². The van der Waals surface area contributed by atoms with Crippen molar-refractivity contribution >= 4 is 52.5 Å². The molecular weight excluding hydrogens is 470 g/mol. The lowest BCUT2D eigenvalue weighted by Gasteiger charge is -2.10. The van der Waals surface area contributed by atoms with Crippen molar-refractivity contribution < 1.29 is 24.0 Å². The molecular formula is C22H16ClN3O6S. The van der Waals surface area contributed by atoms with Crippen LogP contribution < -0.4 is 11.1 Å². The van der Waals surface area contributed by atoms with Crippen molar-refractivity contribution in [2.45, 2.75) is 9.79 Å². The normalized spacial score (nSPS) is 10.3. The maximum atomic E-state index is 12.7. The maximum absolute atomic E-state index is 12.7. The predicted molar refractivity (Wildman–Crippen MR) is 123 cm³/mol. The number of non-ortho nitro benzene ring substituents is 1. The summed E-state index contributed by atoms with van der Waals surface area (Å²) in [4.78, 5) is 47.6. The SMILES string of the molecule is NC(=O)c1ccc(NC(=O)COC(=O)c2cc([N+](=O)[O-])ccc2Sc2ccc(Cl)cc2)cc1. The third-order valence-corrected chi connectivity index (χ3v) is 5.56. The lowest BCUT2D eigenvalue weighted by molar-refractivity contribution is -0.384. The summed E-state index contributed by atoms with van der Waals surface area (Å²) in [5.74, 6) is -2.13. The molecule has 0 fully saturated rings. The lowest BCUT2D eigenvalue weighted by Crippen LogP contribution is -2.21. The van der Waals surface area contributed by atoms with E-state index in [0.717, 1.165) is 11.0 Å². The van der Waals surface area contributed by atoms with Gasteiger partial charge in [0.05, 0.1) is 10.5 Å². The number of primary amides is 1. The van der Waals surface area contributed by atoms with Gasteiger partial charge in [0, 0.05) is 38.2 Å². The first kappa shape index (κ1) is 23.8. The number of esters is 1. The number of rotatable bonds is 8. The Morgan fingerprint density at radius 1 is 1.03 bits per heavy atom. The van der Waals surface area contributed by atoms with Crippen LogP contribution in [-0.4, -0.2) is 29.3 Å². The Kier molecular flexibility index (Phi) is 7.65. The van der Waals surface area contributed by atoms with Crippen LogP contribution in [0.4, 0.5) is 11.4 Å². The van der Waals surface area contributed by atoms with Crippen molar-refractivity contribution in [3.05, 3.63) is 93.0 Å². The molecule has 0 saturated heterocycles. The Morgan fingerprint density at radius 3 is 2.30 bits per heavy atom. The molecule has 0 aromatic heterocycles. The number of carbonyl (C=O) groups excluding carboxylic acids is 3. The number of nitrogens with one attached hydrogen (secondary N) is 1. The van der Waals surface area contributed by atoms with E-state index < -0.39 is 29.3 Å². The van der Waals surface area contributed by atoms with E-state index in [1.807, 2.05) is 0 Å². The summed E-state index contributed by atoms with van der Waals surface area (Å²) in [6, 6.07) is 16.5. The molecule has 11 heteroatoms. The second-order valence-electron chi connectivity index (χ2n) is 6.56. The number of carbonyl (C=O) groups is 3. The number of benzene rings is 3. The molecule has 3 rings (SSSR count). The number of ether oxygens (including phenoxy) is 1. The number of hydrogen-bond acceptors (Lipinski definition) is 7. The van der Waals surface area contributed by atoms with Crippen molar-refractivity contribution in [2.24, 2.45) is 5.73 Å². The van der Waals surface area contributed by atoms with Crippen LogP contribution in [-0.2, 0) is 9.53 Å². The monoisotopic (exact) mass is 485 g/mol. The number of anilines is 1. The largest absolute Gasteiger partial charge is 0.452 e. The van der Waals surface area contributed by atoms with E-state index in [9.17, 15) is 24.5 Å². The van der Waals surface area contributed by atoms with Crippen LogP contribution in [0.25, 0.3) is 0 Å². The van der Waals surface area contributed by atoms with Crippen molar-refractivity contribution in [1.82, 2.24) is 0 Å². The zero-order valence-corrected chi connectivity index (χ0v) is 18.4. The lowest BCUT2D eigenvalue weighted by atomic mass is 10.2. The minimum atomic E-state index is -0.894. The summed E-state index contributed by atoms with van der Waals surface area (Å²) in [7, 11) is 0. The highest BCUT2D eigenvalue weighted by atomic mass is 35.5. The fraction of sp³-hybridized carbons (Fsp3) is 0.0455. The first-order chi connectivity index (χ1) is 15.7. The van der Waals surface area contributed by atoms with Gasteiger partial charge >= 0.3 is 5.97 Å². The van der Waals surface area contributed by atoms with E-state index in [0.29, 0.717) is 15.6 Å². The van der Waals surface area contributed by atoms with Crippen LogP contribution in [0, 0.1) is 10.1 Å². The van der Waals surface area contributed by atoms with Gasteiger partial charge in [-0.2, -0.15) is 0 Å². The summed E-state index contributed by atoms with van der Waals surface area (Å²) < 4.78 is 5.07. The van der Waals surface area contributed by atoms with Crippen LogP contribution in [0.3, 0.4) is 0 Å². The Labute approximate surface area is 197 Å². The molecule has 0 spiro atoms. The zero-order chi connectivity index (χ0) is 24.0. The molecule has 0 unspecified atom stereocenters. The number of nitro benzene ring substituents is 1. The van der Waals surface area contributed by atoms with Gasteiger partial charge in [0.25, 0.3) is 11.6 Å². The first-order valence-electron chi connectivity index (χ1n) is 9.31. The van der Waals surface area contributed by atoms with Crippen LogP contribution in [0.5, 0.6) is 0 Å². The fourth-order valence-corrected chi connectivity index (χ4v) is 3.67. The summed E-state index contributed by atoms with van der Waals surface area (Å²) in [6.07, 6.45) is 0. The smallest absolute Gasteiger partial charge is 0.340 e. The third-order valence-electron chi connectivity index (χ3n) is 4.22. The molecule has 0 saturated carbocycles. The standard InChI is InChI=1S/C22H16ClN3O6S/c23-14-3-8-17(9-4-14)33-19-10-7-16(26(30)31)11-18(19)22(29)32-12-20(27)25-15-5-1-13(2-6-15)21(24)28/h1-11H,12H2,(H2,24,28)(H,25,27). The molecule has 9 nitrogen and oxygen atoms in total. The Balaban J connectivity index is 1.71. The van der Waals surface area contributed by atoms with E-state index in [2.05, 4.69) is 5.32 Å². The number of hydrogen-bond donors (Lipinski definition) is 2. The van der Waals surface area contributed by atoms with Gasteiger partial charge in [0.2, 0.25) is 5.91 Å². The Hall–Kier alpha value is -3.89. The summed E-state index contributed by atoms with van der Waals surface area (Å²) >= 11 is 7.08. The van der Waals surface area contributed by atoms with Gasteiger partial charge in [-0.05, 0) is 54.6 Å². The second-order valence-corrected chi connectivity index (χ2v) is 8.11. The van der Waals surface area contributed by atoms with Crippen molar-refractivity contribution in [2.75, 3.05) is 11.9 Å². The van der Waals surface area contributed by atoms with Gasteiger partial charge in [0.15, 0.2) is 6.61 Å². The van der Waals surface area contributed by atoms with Gasteiger partial charge in [-0.25, -0.2) is 4.79 Å². The average molecular weight is 486 g/mol. The minimum absolute atomic E-state index is 0.0530. The first-order valence-corrected chi connectivity index (χ1v) is 10.5. The van der Waals surface area contributed by atoms with Gasteiger partial charge in [-0.15, -0.1) is 0 Å². The fourth-order valence-electron chi connectivity index (χ4n) is 2.63. The van der Waals surface area contributed by atoms with E-state index in [1.54, 1.807) is 24.3 Å². The van der Waals surface area contributed by atoms with Crippen LogP contribution in [0.1, 0.15) is 20.7 Å². The van der Waals surface area contributed by atoms with Gasteiger partial charge in [-0.3, -0.25) is 19.7 Å². The van der Waals surface area contributed by atoms with Gasteiger partial charge in [0.1, 0.15) is 0 Å². The second kappa shape index (κ2) is 10.6. The summed E-state index contributed by atoms with van der Waals surface area (Å²) in [5, 5.41) is 14.2. The highest BCUT2D eigenvalue weighted by Gasteiger charge is 2.20. The number of halogens is 1. The van der Waals surface area contributed by atoms with E-state index >= 15 is 0 Å².